The van der Waals surface area contributed by atoms with Gasteiger partial charge in [-0.1, -0.05) is 0 Å². The Morgan fingerprint density at radius 1 is 1.42 bits per heavy atom. The lowest BCUT2D eigenvalue weighted by atomic mass is 9.89. The van der Waals surface area contributed by atoms with Gasteiger partial charge in [-0.05, 0) is 50.6 Å². The predicted molar refractivity (Wildman–Crippen MR) is 95.5 cm³/mol. The topological polar surface area (TPSA) is 34.6 Å². The zero-order valence-corrected chi connectivity index (χ0v) is 14.9. The fourth-order valence-electron chi connectivity index (χ4n) is 3.89. The lowest BCUT2D eigenvalue weighted by Crippen LogP contribution is -2.47. The first kappa shape index (κ1) is 16.1. The number of aryl methyl sites for hydroxylation is 1. The second-order valence-electron chi connectivity index (χ2n) is 6.95. The van der Waals surface area contributed by atoms with Crippen molar-refractivity contribution >= 4 is 11.3 Å². The summed E-state index contributed by atoms with van der Waals surface area (Å²) < 4.78 is 12.3. The molecule has 0 saturated carbocycles. The van der Waals surface area contributed by atoms with Gasteiger partial charge < -0.3 is 9.47 Å². The third-order valence-corrected chi connectivity index (χ3v) is 5.89. The van der Waals surface area contributed by atoms with Crippen LogP contribution in [0.15, 0.2) is 36.7 Å². The van der Waals surface area contributed by atoms with E-state index in [0.29, 0.717) is 6.61 Å². The zero-order chi connectivity index (χ0) is 16.4. The molecule has 2 aromatic heterocycles. The van der Waals surface area contributed by atoms with Gasteiger partial charge in [0.1, 0.15) is 11.9 Å². The summed E-state index contributed by atoms with van der Waals surface area (Å²) in [6.07, 6.45) is 6.99. The molecular weight excluding hydrogens is 320 g/mol. The molecule has 4 heterocycles. The van der Waals surface area contributed by atoms with E-state index in [-0.39, 0.29) is 11.7 Å². The number of thiophene rings is 1. The molecule has 2 saturated heterocycles. The molecule has 0 aliphatic carbocycles. The second kappa shape index (κ2) is 6.82. The Balaban J connectivity index is 1.36. The van der Waals surface area contributed by atoms with Crippen LogP contribution in [0, 0.1) is 6.92 Å². The molecule has 0 aromatic carbocycles. The number of nitrogens with zero attached hydrogens (tertiary/aromatic N) is 2. The maximum atomic E-state index is 6.26. The van der Waals surface area contributed by atoms with Crippen LogP contribution in [0.25, 0.3) is 0 Å². The highest BCUT2D eigenvalue weighted by atomic mass is 32.1. The van der Waals surface area contributed by atoms with E-state index in [1.165, 1.54) is 16.2 Å². The lowest BCUT2D eigenvalue weighted by Gasteiger charge is -2.39. The molecule has 0 amide bonds. The van der Waals surface area contributed by atoms with E-state index in [4.69, 9.17) is 9.47 Å². The van der Waals surface area contributed by atoms with Crippen LogP contribution >= 0.6 is 11.3 Å². The summed E-state index contributed by atoms with van der Waals surface area (Å²) in [6.45, 7) is 6.07. The predicted octanol–water partition coefficient (Wildman–Crippen LogP) is 3.65. The van der Waals surface area contributed by atoms with Gasteiger partial charge in [0.15, 0.2) is 0 Å². The number of likely N-dealkylation sites (tertiary alicyclic amines) is 1. The van der Waals surface area contributed by atoms with E-state index in [2.05, 4.69) is 28.9 Å². The Hall–Kier alpha value is -1.43. The van der Waals surface area contributed by atoms with Crippen molar-refractivity contribution in [2.75, 3.05) is 19.7 Å². The van der Waals surface area contributed by atoms with E-state index in [1.54, 1.807) is 12.4 Å². The highest BCUT2D eigenvalue weighted by Gasteiger charge is 2.44. The smallest absolute Gasteiger partial charge is 0.138 e. The van der Waals surface area contributed by atoms with Gasteiger partial charge in [0.05, 0.1) is 18.4 Å². The molecule has 128 valence electrons. The molecule has 5 heteroatoms. The standard InChI is InChI=1S/C19H24N2O2S/c1-15-5-6-18(24-15)12-21-9-3-7-19(14-21)10-17(13-22-19)23-16-4-2-8-20-11-16/h2,4-6,8,11,17H,3,7,9-10,12-14H2,1H3/t17-,19+/m1/s1. The number of ether oxygens (including phenoxy) is 2. The molecule has 4 nitrogen and oxygen atoms in total. The van der Waals surface area contributed by atoms with E-state index in [9.17, 15) is 0 Å². The van der Waals surface area contributed by atoms with Crippen LogP contribution < -0.4 is 4.74 Å². The SMILES string of the molecule is Cc1ccc(CN2CCC[C@]3(C[C@@H](Oc4cccnc4)CO3)C2)s1. The van der Waals surface area contributed by atoms with Crippen LogP contribution in [-0.4, -0.2) is 41.3 Å². The van der Waals surface area contributed by atoms with Crippen molar-refractivity contribution in [1.29, 1.82) is 0 Å². The van der Waals surface area contributed by atoms with Crippen molar-refractivity contribution in [1.82, 2.24) is 9.88 Å². The van der Waals surface area contributed by atoms with Gasteiger partial charge in [0.25, 0.3) is 0 Å². The normalized spacial score (nSPS) is 27.6. The first-order valence-corrected chi connectivity index (χ1v) is 9.51. The van der Waals surface area contributed by atoms with Crippen LogP contribution in [0.3, 0.4) is 0 Å². The van der Waals surface area contributed by atoms with Crippen molar-refractivity contribution in [3.8, 4) is 5.75 Å². The van der Waals surface area contributed by atoms with Crippen LogP contribution in [0.5, 0.6) is 5.75 Å². The third kappa shape index (κ3) is 3.63. The molecule has 0 unspecified atom stereocenters. The third-order valence-electron chi connectivity index (χ3n) is 4.91. The molecule has 2 aliphatic rings. The van der Waals surface area contributed by atoms with Crippen molar-refractivity contribution in [3.63, 3.8) is 0 Å². The van der Waals surface area contributed by atoms with Crippen molar-refractivity contribution in [2.45, 2.75) is 44.4 Å². The van der Waals surface area contributed by atoms with Gasteiger partial charge in [0.2, 0.25) is 0 Å². The summed E-state index contributed by atoms with van der Waals surface area (Å²) in [5, 5.41) is 0. The Kier molecular flexibility index (Phi) is 4.57. The Bertz CT molecular complexity index is 675. The second-order valence-corrected chi connectivity index (χ2v) is 8.33. The number of hydrogen-bond acceptors (Lipinski definition) is 5. The Labute approximate surface area is 147 Å². The van der Waals surface area contributed by atoms with Crippen molar-refractivity contribution in [2.24, 2.45) is 0 Å². The molecule has 2 aliphatic heterocycles. The van der Waals surface area contributed by atoms with Crippen LogP contribution in [0.1, 0.15) is 29.0 Å². The van der Waals surface area contributed by atoms with E-state index in [1.807, 2.05) is 23.5 Å². The number of rotatable bonds is 4. The van der Waals surface area contributed by atoms with Gasteiger partial charge in [-0.25, -0.2) is 0 Å². The Morgan fingerprint density at radius 3 is 3.17 bits per heavy atom. The quantitative estimate of drug-likeness (QED) is 0.848. The molecule has 2 atom stereocenters. The van der Waals surface area contributed by atoms with Gasteiger partial charge in [-0.3, -0.25) is 9.88 Å². The summed E-state index contributed by atoms with van der Waals surface area (Å²) >= 11 is 1.90. The minimum atomic E-state index is -0.0303. The van der Waals surface area contributed by atoms with Crippen LogP contribution in [0.4, 0.5) is 0 Å². The van der Waals surface area contributed by atoms with Gasteiger partial charge in [0, 0.05) is 35.5 Å². The average Bonchev–Trinajstić information content (AvgIpc) is 3.15. The first-order valence-electron chi connectivity index (χ1n) is 8.69. The molecule has 0 radical (unpaired) electrons. The average molecular weight is 344 g/mol. The largest absolute Gasteiger partial charge is 0.486 e. The fraction of sp³-hybridized carbons (Fsp3) is 0.526. The summed E-state index contributed by atoms with van der Waals surface area (Å²) in [5.74, 6) is 0.838. The van der Waals surface area contributed by atoms with E-state index < -0.39 is 0 Å². The number of piperidine rings is 1. The maximum Gasteiger partial charge on any atom is 0.138 e. The van der Waals surface area contributed by atoms with Gasteiger partial charge in [-0.15, -0.1) is 11.3 Å². The van der Waals surface area contributed by atoms with Crippen molar-refractivity contribution in [3.05, 3.63) is 46.4 Å². The molecule has 2 fully saturated rings. The highest BCUT2D eigenvalue weighted by Crippen LogP contribution is 2.36. The highest BCUT2D eigenvalue weighted by molar-refractivity contribution is 7.11. The monoisotopic (exact) mass is 344 g/mol. The lowest BCUT2D eigenvalue weighted by molar-refractivity contribution is -0.0536. The summed E-state index contributed by atoms with van der Waals surface area (Å²) in [7, 11) is 0. The minimum absolute atomic E-state index is 0.0303. The molecule has 0 bridgehead atoms. The minimum Gasteiger partial charge on any atom is -0.486 e. The summed E-state index contributed by atoms with van der Waals surface area (Å²) in [5.41, 5.74) is -0.0303. The van der Waals surface area contributed by atoms with E-state index in [0.717, 1.165) is 38.2 Å². The van der Waals surface area contributed by atoms with Gasteiger partial charge >= 0.3 is 0 Å². The number of aromatic nitrogens is 1. The number of pyridine rings is 1. The van der Waals surface area contributed by atoms with Crippen LogP contribution in [-0.2, 0) is 11.3 Å². The molecule has 0 N–H and O–H groups in total. The summed E-state index contributed by atoms with van der Waals surface area (Å²) in [6, 6.07) is 8.34. The zero-order valence-electron chi connectivity index (χ0n) is 14.1. The molecule has 24 heavy (non-hydrogen) atoms. The first-order chi connectivity index (χ1) is 11.7. The van der Waals surface area contributed by atoms with Crippen LogP contribution in [0.2, 0.25) is 0 Å². The Morgan fingerprint density at radius 2 is 2.38 bits per heavy atom. The molecule has 4 rings (SSSR count). The maximum absolute atomic E-state index is 6.26. The summed E-state index contributed by atoms with van der Waals surface area (Å²) in [4.78, 5) is 9.50. The fourth-order valence-corrected chi connectivity index (χ4v) is 4.82. The number of hydrogen-bond donors (Lipinski definition) is 0. The van der Waals surface area contributed by atoms with Gasteiger partial charge in [-0.2, -0.15) is 0 Å². The van der Waals surface area contributed by atoms with E-state index >= 15 is 0 Å². The molecule has 2 aromatic rings. The van der Waals surface area contributed by atoms with Crippen molar-refractivity contribution < 1.29 is 9.47 Å². The molecular formula is C19H24N2O2S. The molecule has 1 spiro atoms.